The molecule has 1 saturated heterocycles. The molecule has 0 aromatic carbocycles. The zero-order valence-electron chi connectivity index (χ0n) is 7.87. The molecule has 3 N–H and O–H groups in total. The lowest BCUT2D eigenvalue weighted by molar-refractivity contribution is -0.119. The topological polar surface area (TPSA) is 61.4 Å². The number of carbonyl (C=O) groups excluding carboxylic acids is 1. The fourth-order valence-corrected chi connectivity index (χ4v) is 1.35. The largest absolute Gasteiger partial charge is 0.507 e. The van der Waals surface area contributed by atoms with Gasteiger partial charge < -0.3 is 5.11 Å². The third-order valence-corrected chi connectivity index (χ3v) is 2.26. The van der Waals surface area contributed by atoms with Gasteiger partial charge in [-0.2, -0.15) is 0 Å². The minimum absolute atomic E-state index is 0.0903. The average molecular weight is 192 g/mol. The lowest BCUT2D eigenvalue weighted by Gasteiger charge is -2.02. The van der Waals surface area contributed by atoms with E-state index in [0.717, 1.165) is 5.22 Å². The molecule has 4 heteroatoms. The normalized spacial score (nSPS) is 20.9. The standard InChI is InChI=1S/C6H4O.C4H8N2O/c7-6-3-4-1-2-5(4)6;1-3-2-4(7)6-5-3/h1-3,7H;3,5H,2H2,1H3,(H,6,7). The van der Waals surface area contributed by atoms with E-state index in [4.69, 9.17) is 5.11 Å². The SMILES string of the molecule is CC1CC(=O)NN1.Oc1cc2ccc1=2. The molecule has 4 nitrogen and oxygen atoms in total. The van der Waals surface area contributed by atoms with Crippen molar-refractivity contribution in [2.75, 3.05) is 0 Å². The van der Waals surface area contributed by atoms with E-state index in [1.807, 2.05) is 19.1 Å². The second-order valence-corrected chi connectivity index (χ2v) is 3.53. The van der Waals surface area contributed by atoms with Crippen molar-refractivity contribution in [3.63, 3.8) is 0 Å². The molecule has 2 aliphatic carbocycles. The van der Waals surface area contributed by atoms with Gasteiger partial charge in [0.25, 0.3) is 0 Å². The van der Waals surface area contributed by atoms with Gasteiger partial charge in [0.1, 0.15) is 5.75 Å². The molecule has 0 aromatic rings. The summed E-state index contributed by atoms with van der Waals surface area (Å²) in [6.07, 6.45) is 0.611. The number of aromatic hydroxyl groups is 1. The van der Waals surface area contributed by atoms with Crippen LogP contribution in [0.5, 0.6) is 5.75 Å². The van der Waals surface area contributed by atoms with Crippen LogP contribution in [0.1, 0.15) is 13.3 Å². The Morgan fingerprint density at radius 1 is 1.50 bits per heavy atom. The van der Waals surface area contributed by atoms with Crippen LogP contribution in [-0.4, -0.2) is 17.1 Å². The highest BCUT2D eigenvalue weighted by Crippen LogP contribution is 2.21. The molecule has 3 aliphatic rings. The minimum Gasteiger partial charge on any atom is -0.507 e. The second-order valence-electron chi connectivity index (χ2n) is 3.53. The quantitative estimate of drug-likeness (QED) is 0.566. The molecule has 14 heavy (non-hydrogen) atoms. The molecule has 1 amide bonds. The van der Waals surface area contributed by atoms with Crippen molar-refractivity contribution in [3.8, 4) is 5.75 Å². The van der Waals surface area contributed by atoms with Crippen molar-refractivity contribution in [2.24, 2.45) is 0 Å². The molecule has 0 radical (unpaired) electrons. The third-order valence-electron chi connectivity index (χ3n) is 2.26. The number of phenols is 1. The number of nitrogens with one attached hydrogen (secondary N) is 2. The molecule has 1 fully saturated rings. The summed E-state index contributed by atoms with van der Waals surface area (Å²) in [5.74, 6) is 0.532. The summed E-state index contributed by atoms with van der Waals surface area (Å²) in [5.41, 5.74) is 5.25. The molecule has 1 unspecified atom stereocenters. The molecule has 0 spiro atoms. The Morgan fingerprint density at radius 2 is 2.29 bits per heavy atom. The minimum atomic E-state index is 0.0903. The maximum absolute atomic E-state index is 10.3. The zero-order valence-corrected chi connectivity index (χ0v) is 7.87. The fourth-order valence-electron chi connectivity index (χ4n) is 1.35. The number of hydrogen-bond acceptors (Lipinski definition) is 3. The maximum atomic E-state index is 10.3. The lowest BCUT2D eigenvalue weighted by atomic mass is 10.1. The summed E-state index contributed by atoms with van der Waals surface area (Å²) in [4.78, 5) is 10.3. The van der Waals surface area contributed by atoms with E-state index in [1.165, 1.54) is 5.22 Å². The first-order valence-electron chi connectivity index (χ1n) is 4.54. The van der Waals surface area contributed by atoms with Crippen LogP contribution in [0.4, 0.5) is 0 Å². The lowest BCUT2D eigenvalue weighted by Crippen LogP contribution is -2.29. The predicted octanol–water partition coefficient (Wildman–Crippen LogP) is 0.392. The number of benzene rings is 1. The summed E-state index contributed by atoms with van der Waals surface area (Å²) < 4.78 is 0. The Hall–Kier alpha value is -1.55. The molecule has 1 aliphatic heterocycles. The Morgan fingerprint density at radius 3 is 2.36 bits per heavy atom. The summed E-state index contributed by atoms with van der Waals surface area (Å²) >= 11 is 0. The van der Waals surface area contributed by atoms with Crippen molar-refractivity contribution < 1.29 is 9.90 Å². The zero-order chi connectivity index (χ0) is 10.1. The Bertz CT molecular complexity index is 456. The van der Waals surface area contributed by atoms with Crippen LogP contribution in [-0.2, 0) is 4.79 Å². The molecule has 3 rings (SSSR count). The van der Waals surface area contributed by atoms with Crippen molar-refractivity contribution in [3.05, 3.63) is 28.6 Å². The van der Waals surface area contributed by atoms with Crippen LogP contribution >= 0.6 is 0 Å². The van der Waals surface area contributed by atoms with Crippen molar-refractivity contribution in [2.45, 2.75) is 19.4 Å². The van der Waals surface area contributed by atoms with E-state index in [1.54, 1.807) is 6.07 Å². The van der Waals surface area contributed by atoms with E-state index in [0.29, 0.717) is 18.2 Å². The smallest absolute Gasteiger partial charge is 0.235 e. The Kier molecular flexibility index (Phi) is 2.13. The number of hydrazine groups is 1. The highest BCUT2D eigenvalue weighted by atomic mass is 16.3. The maximum Gasteiger partial charge on any atom is 0.235 e. The van der Waals surface area contributed by atoms with Gasteiger partial charge in [-0.3, -0.25) is 10.2 Å². The van der Waals surface area contributed by atoms with Gasteiger partial charge in [0, 0.05) is 17.7 Å². The first kappa shape index (κ1) is 9.02. The fraction of sp³-hybridized carbons (Fsp3) is 0.300. The van der Waals surface area contributed by atoms with Gasteiger partial charge in [-0.25, -0.2) is 5.43 Å². The highest BCUT2D eigenvalue weighted by Gasteiger charge is 2.14. The first-order chi connectivity index (χ1) is 6.66. The van der Waals surface area contributed by atoms with Crippen molar-refractivity contribution in [1.82, 2.24) is 10.9 Å². The van der Waals surface area contributed by atoms with E-state index in [9.17, 15) is 4.79 Å². The monoisotopic (exact) mass is 192 g/mol. The van der Waals surface area contributed by atoms with E-state index >= 15 is 0 Å². The van der Waals surface area contributed by atoms with Gasteiger partial charge in [0.05, 0.1) is 0 Å². The number of hydrogen-bond donors (Lipinski definition) is 3. The van der Waals surface area contributed by atoms with Gasteiger partial charge in [-0.05, 0) is 18.2 Å². The molecule has 1 atom stereocenters. The molecule has 0 saturated carbocycles. The van der Waals surface area contributed by atoms with Gasteiger partial charge in [-0.1, -0.05) is 12.1 Å². The highest BCUT2D eigenvalue weighted by molar-refractivity contribution is 5.77. The first-order valence-corrected chi connectivity index (χ1v) is 4.54. The number of carbonyl (C=O) groups is 1. The van der Waals surface area contributed by atoms with Crippen LogP contribution in [0.3, 0.4) is 0 Å². The van der Waals surface area contributed by atoms with Gasteiger partial charge in [-0.15, -0.1) is 0 Å². The molecule has 74 valence electrons. The van der Waals surface area contributed by atoms with Crippen LogP contribution in [0, 0.1) is 10.4 Å². The second kappa shape index (κ2) is 3.31. The van der Waals surface area contributed by atoms with Gasteiger partial charge >= 0.3 is 0 Å². The molecular formula is C10H12N2O2. The van der Waals surface area contributed by atoms with E-state index in [-0.39, 0.29) is 5.91 Å². The van der Waals surface area contributed by atoms with Crippen LogP contribution in [0.2, 0.25) is 0 Å². The van der Waals surface area contributed by atoms with Crippen LogP contribution in [0.25, 0.3) is 0 Å². The van der Waals surface area contributed by atoms with Crippen LogP contribution in [0.15, 0.2) is 18.2 Å². The Labute approximate surface area is 81.2 Å². The van der Waals surface area contributed by atoms with E-state index in [2.05, 4.69) is 10.9 Å². The Balaban J connectivity index is 0.000000107. The average Bonchev–Trinajstić information content (AvgIpc) is 2.46. The van der Waals surface area contributed by atoms with Gasteiger partial charge in [0.15, 0.2) is 0 Å². The molecule has 0 aromatic heterocycles. The number of rotatable bonds is 0. The summed E-state index contributed by atoms with van der Waals surface area (Å²) in [6.45, 7) is 1.96. The number of phenolic OH excluding ortho intramolecular Hbond substituents is 1. The van der Waals surface area contributed by atoms with Crippen molar-refractivity contribution >= 4 is 5.91 Å². The summed E-state index contributed by atoms with van der Waals surface area (Å²) in [7, 11) is 0. The third kappa shape index (κ3) is 1.56. The summed E-state index contributed by atoms with van der Waals surface area (Å²) in [5, 5.41) is 10.9. The van der Waals surface area contributed by atoms with E-state index < -0.39 is 0 Å². The summed E-state index contributed by atoms with van der Waals surface area (Å²) in [6, 6.07) is 5.96. The van der Waals surface area contributed by atoms with Crippen LogP contribution < -0.4 is 10.9 Å². The van der Waals surface area contributed by atoms with Gasteiger partial charge in [0.2, 0.25) is 5.91 Å². The predicted molar refractivity (Wildman–Crippen MR) is 51.1 cm³/mol. The molecule has 1 heterocycles. The number of amides is 1. The van der Waals surface area contributed by atoms with Crippen molar-refractivity contribution in [1.29, 1.82) is 0 Å². The molecule has 0 bridgehead atoms. The molecular weight excluding hydrogens is 180 g/mol.